The first-order valence-corrected chi connectivity index (χ1v) is 12.6. The Hall–Kier alpha value is -3.23. The van der Waals surface area contributed by atoms with Crippen LogP contribution in [-0.2, 0) is 11.3 Å². The molecule has 2 heterocycles. The molecule has 35 heavy (non-hydrogen) atoms. The van der Waals surface area contributed by atoms with Crippen LogP contribution in [0.3, 0.4) is 0 Å². The fourth-order valence-corrected chi connectivity index (χ4v) is 4.95. The molecule has 1 atom stereocenters. The molecule has 8 heteroatoms. The lowest BCUT2D eigenvalue weighted by Crippen LogP contribution is -2.58. The molecule has 3 N–H and O–H groups in total. The van der Waals surface area contributed by atoms with Gasteiger partial charge in [0, 0.05) is 36.7 Å². The van der Waals surface area contributed by atoms with Crippen molar-refractivity contribution < 1.29 is 14.4 Å². The van der Waals surface area contributed by atoms with E-state index in [0.29, 0.717) is 37.3 Å². The number of hydrogen-bond acceptors (Lipinski definition) is 6. The van der Waals surface area contributed by atoms with Crippen LogP contribution in [0.4, 0.5) is 5.69 Å². The van der Waals surface area contributed by atoms with E-state index in [4.69, 9.17) is 0 Å². The number of nitrogens with zero attached hydrogens (tertiary/aromatic N) is 2. The second-order valence-electron chi connectivity index (χ2n) is 9.27. The van der Waals surface area contributed by atoms with Crippen LogP contribution in [0.15, 0.2) is 48.5 Å². The van der Waals surface area contributed by atoms with Crippen molar-refractivity contribution in [3.05, 3.63) is 65.2 Å². The summed E-state index contributed by atoms with van der Waals surface area (Å²) in [4.78, 5) is 40.8. The standard InChI is InChI=1S/C27H35N5O3/c1-3-7-19(8-4-2)25(33)24-17-28-15-16-31(24)27(35)20-11-13-22(14-12-20)29-32-18-21-9-5-6-10-23(21)26(34)30-32/h5-6,9-14,19,24,28-29H,3-4,7-8,15-18H2,1-2H3,(H,30,34). The molecule has 8 nitrogen and oxygen atoms in total. The van der Waals surface area contributed by atoms with Crippen molar-refractivity contribution in [3.63, 3.8) is 0 Å². The Bertz CT molecular complexity index is 1050. The van der Waals surface area contributed by atoms with E-state index >= 15 is 0 Å². The molecule has 1 saturated heterocycles. The van der Waals surface area contributed by atoms with Gasteiger partial charge in [-0.1, -0.05) is 44.9 Å². The number of ketones is 1. The summed E-state index contributed by atoms with van der Waals surface area (Å²) in [6.45, 7) is 6.41. The topological polar surface area (TPSA) is 93.8 Å². The summed E-state index contributed by atoms with van der Waals surface area (Å²) in [5.74, 6) is -0.108. The third kappa shape index (κ3) is 5.71. The summed E-state index contributed by atoms with van der Waals surface area (Å²) in [6, 6.07) is 14.2. The van der Waals surface area contributed by atoms with Crippen molar-refractivity contribution >= 4 is 23.3 Å². The maximum atomic E-state index is 13.4. The van der Waals surface area contributed by atoms with Gasteiger partial charge in [0.05, 0.1) is 12.2 Å². The summed E-state index contributed by atoms with van der Waals surface area (Å²) in [5, 5.41) is 4.92. The zero-order chi connectivity index (χ0) is 24.8. The van der Waals surface area contributed by atoms with Gasteiger partial charge in [-0.3, -0.25) is 19.8 Å². The van der Waals surface area contributed by atoms with E-state index in [2.05, 4.69) is 30.0 Å². The summed E-state index contributed by atoms with van der Waals surface area (Å²) in [7, 11) is 0. The van der Waals surface area contributed by atoms with Crippen molar-refractivity contribution in [1.29, 1.82) is 0 Å². The smallest absolute Gasteiger partial charge is 0.267 e. The van der Waals surface area contributed by atoms with Gasteiger partial charge in [0.1, 0.15) is 6.04 Å². The number of carbonyl (C=O) groups excluding carboxylic acids is 3. The quantitative estimate of drug-likeness (QED) is 0.513. The van der Waals surface area contributed by atoms with Crippen LogP contribution in [0.5, 0.6) is 0 Å². The van der Waals surface area contributed by atoms with E-state index in [0.717, 1.165) is 36.9 Å². The lowest BCUT2D eigenvalue weighted by atomic mass is 9.88. The number of piperazine rings is 1. The Balaban J connectivity index is 1.43. The number of benzene rings is 2. The second-order valence-corrected chi connectivity index (χ2v) is 9.27. The highest BCUT2D eigenvalue weighted by Gasteiger charge is 2.35. The number of anilines is 1. The Labute approximate surface area is 207 Å². The average molecular weight is 478 g/mol. The maximum absolute atomic E-state index is 13.4. The Morgan fingerprint density at radius 1 is 1.06 bits per heavy atom. The molecule has 0 spiro atoms. The molecule has 2 aliphatic heterocycles. The molecule has 2 amide bonds. The molecule has 1 unspecified atom stereocenters. The predicted molar refractivity (Wildman–Crippen MR) is 136 cm³/mol. The molecule has 2 aromatic carbocycles. The van der Waals surface area contributed by atoms with E-state index in [-0.39, 0.29) is 23.5 Å². The SMILES string of the molecule is CCCC(CCC)C(=O)C1CNCCN1C(=O)c1ccc(NN2Cc3ccccc3C(=O)N2)cc1. The largest absolute Gasteiger partial charge is 0.326 e. The van der Waals surface area contributed by atoms with E-state index in [1.165, 1.54) is 0 Å². The molecule has 0 saturated carbocycles. The highest BCUT2D eigenvalue weighted by Crippen LogP contribution is 2.22. The van der Waals surface area contributed by atoms with Crippen molar-refractivity contribution in [3.8, 4) is 0 Å². The number of carbonyl (C=O) groups is 3. The van der Waals surface area contributed by atoms with Crippen molar-refractivity contribution in [2.45, 2.75) is 52.1 Å². The summed E-state index contributed by atoms with van der Waals surface area (Å²) in [6.07, 6.45) is 3.65. The maximum Gasteiger partial charge on any atom is 0.267 e. The van der Waals surface area contributed by atoms with Crippen LogP contribution in [0, 0.1) is 5.92 Å². The van der Waals surface area contributed by atoms with Gasteiger partial charge < -0.3 is 15.6 Å². The average Bonchev–Trinajstić information content (AvgIpc) is 2.88. The first-order valence-electron chi connectivity index (χ1n) is 12.6. The Kier molecular flexibility index (Phi) is 8.15. The number of hydrazine groups is 2. The van der Waals surface area contributed by atoms with Gasteiger partial charge in [-0.05, 0) is 48.7 Å². The molecule has 2 aromatic rings. The summed E-state index contributed by atoms with van der Waals surface area (Å²) >= 11 is 0. The predicted octanol–water partition coefficient (Wildman–Crippen LogP) is 3.37. The minimum atomic E-state index is -0.430. The first kappa shape index (κ1) is 24.9. The van der Waals surface area contributed by atoms with Gasteiger partial charge in [0.25, 0.3) is 11.8 Å². The van der Waals surface area contributed by atoms with Crippen LogP contribution in [-0.4, -0.2) is 53.3 Å². The number of hydrogen-bond donors (Lipinski definition) is 3. The normalized spacial score (nSPS) is 18.2. The zero-order valence-corrected chi connectivity index (χ0v) is 20.5. The number of Topliss-reactive ketones (excluding diaryl/α,β-unsaturated/α-hetero) is 1. The van der Waals surface area contributed by atoms with Gasteiger partial charge in [0.15, 0.2) is 5.78 Å². The fourth-order valence-electron chi connectivity index (χ4n) is 4.95. The van der Waals surface area contributed by atoms with Crippen LogP contribution >= 0.6 is 0 Å². The molecule has 0 aromatic heterocycles. The number of rotatable bonds is 9. The molecule has 186 valence electrons. The zero-order valence-electron chi connectivity index (χ0n) is 20.5. The molecule has 0 aliphatic carbocycles. The van der Waals surface area contributed by atoms with Gasteiger partial charge in [-0.15, -0.1) is 5.12 Å². The van der Waals surface area contributed by atoms with E-state index in [9.17, 15) is 14.4 Å². The van der Waals surface area contributed by atoms with Gasteiger partial charge in [-0.25, -0.2) is 0 Å². The van der Waals surface area contributed by atoms with Gasteiger partial charge in [-0.2, -0.15) is 0 Å². The third-order valence-corrected chi connectivity index (χ3v) is 6.73. The van der Waals surface area contributed by atoms with Crippen molar-refractivity contribution in [2.75, 3.05) is 25.1 Å². The molecule has 0 radical (unpaired) electrons. The number of fused-ring (bicyclic) bond motifs is 1. The molecule has 1 fully saturated rings. The fraction of sp³-hybridized carbons (Fsp3) is 0.444. The van der Waals surface area contributed by atoms with Crippen molar-refractivity contribution in [2.24, 2.45) is 5.92 Å². The lowest BCUT2D eigenvalue weighted by molar-refractivity contribution is -0.128. The van der Waals surface area contributed by atoms with Crippen LogP contribution in [0.25, 0.3) is 0 Å². The molecular formula is C27H35N5O3. The monoisotopic (exact) mass is 477 g/mol. The van der Waals surface area contributed by atoms with Gasteiger partial charge in [0.2, 0.25) is 0 Å². The van der Waals surface area contributed by atoms with Crippen LogP contribution in [0.2, 0.25) is 0 Å². The number of amides is 2. The summed E-state index contributed by atoms with van der Waals surface area (Å²) < 4.78 is 0. The molecule has 2 aliphatic rings. The molecule has 0 bridgehead atoms. The molecule has 4 rings (SSSR count). The van der Waals surface area contributed by atoms with E-state index < -0.39 is 6.04 Å². The molecular weight excluding hydrogens is 442 g/mol. The first-order chi connectivity index (χ1) is 17.0. The summed E-state index contributed by atoms with van der Waals surface area (Å²) in [5.41, 5.74) is 8.91. The minimum absolute atomic E-state index is 0.00154. The van der Waals surface area contributed by atoms with E-state index in [1.807, 2.05) is 36.4 Å². The lowest BCUT2D eigenvalue weighted by Gasteiger charge is -2.37. The van der Waals surface area contributed by atoms with E-state index in [1.54, 1.807) is 22.2 Å². The highest BCUT2D eigenvalue weighted by molar-refractivity contribution is 5.99. The minimum Gasteiger partial charge on any atom is -0.326 e. The Morgan fingerprint density at radius 2 is 1.77 bits per heavy atom. The third-order valence-electron chi connectivity index (χ3n) is 6.73. The van der Waals surface area contributed by atoms with Crippen LogP contribution in [0.1, 0.15) is 65.8 Å². The van der Waals surface area contributed by atoms with Crippen LogP contribution < -0.4 is 16.2 Å². The number of nitrogens with one attached hydrogen (secondary N) is 3. The highest BCUT2D eigenvalue weighted by atomic mass is 16.2. The second kappa shape index (κ2) is 11.5. The Morgan fingerprint density at radius 3 is 2.49 bits per heavy atom. The van der Waals surface area contributed by atoms with Gasteiger partial charge >= 0.3 is 0 Å². The van der Waals surface area contributed by atoms with Crippen molar-refractivity contribution in [1.82, 2.24) is 20.8 Å².